The number of nitrogens with one attached hydrogen (secondary N) is 3. The fourth-order valence-corrected chi connectivity index (χ4v) is 8.42. The van der Waals surface area contributed by atoms with E-state index in [0.717, 1.165) is 76.8 Å². The Morgan fingerprint density at radius 1 is 0.600 bits per heavy atom. The number of carbonyl (C=O) groups excluding carboxylic acids is 4. The van der Waals surface area contributed by atoms with Gasteiger partial charge < -0.3 is 20.9 Å². The van der Waals surface area contributed by atoms with Crippen molar-refractivity contribution >= 4 is 73.2 Å². The standard InChI is InChI=1S/C42H50N4O4/c1-22(2)39(23(3)4)44-41(49)31-13-11-28-29-12-14-32(42(50)45-40(24(5)6)25(7)8)35-27(21-48)19-33(46-17-15-43-16-18-46)37(38(29)35)30-10-9-26(20-47)34(31)36(28)30/h9-14,19-25,39-40,43H,15-18H2,1-8H3,(H,44,49)(H,45,50). The smallest absolute Gasteiger partial charge is 0.252 e. The van der Waals surface area contributed by atoms with Gasteiger partial charge in [0, 0.05) is 87.7 Å². The van der Waals surface area contributed by atoms with Crippen LogP contribution in [0.3, 0.4) is 0 Å². The van der Waals surface area contributed by atoms with Crippen LogP contribution in [0.5, 0.6) is 0 Å². The summed E-state index contributed by atoms with van der Waals surface area (Å²) in [6.45, 7) is 19.9. The number of carbonyl (C=O) groups is 4. The lowest BCUT2D eigenvalue weighted by molar-refractivity contribution is 0.0904. The Morgan fingerprint density at radius 3 is 1.54 bits per heavy atom. The quantitative estimate of drug-likeness (QED) is 0.0757. The molecule has 0 aromatic heterocycles. The van der Waals surface area contributed by atoms with Gasteiger partial charge in [-0.1, -0.05) is 79.7 Å². The van der Waals surface area contributed by atoms with Crippen LogP contribution in [0.25, 0.3) is 43.1 Å². The van der Waals surface area contributed by atoms with Gasteiger partial charge in [0.05, 0.1) is 0 Å². The molecular weight excluding hydrogens is 624 g/mol. The molecule has 0 unspecified atom stereocenters. The van der Waals surface area contributed by atoms with Crippen LogP contribution in [-0.4, -0.2) is 62.6 Å². The van der Waals surface area contributed by atoms with Crippen LogP contribution >= 0.6 is 0 Å². The predicted octanol–water partition coefficient (Wildman–Crippen LogP) is 7.59. The minimum atomic E-state index is -0.212. The minimum Gasteiger partial charge on any atom is -0.368 e. The Kier molecular flexibility index (Phi) is 9.86. The Balaban J connectivity index is 1.72. The summed E-state index contributed by atoms with van der Waals surface area (Å²) in [5.74, 6) is 0.481. The zero-order valence-corrected chi connectivity index (χ0v) is 30.6. The van der Waals surface area contributed by atoms with Gasteiger partial charge in [-0.15, -0.1) is 0 Å². The summed E-state index contributed by atoms with van der Waals surface area (Å²) in [6.07, 6.45) is 1.69. The van der Waals surface area contributed by atoms with E-state index < -0.39 is 0 Å². The number of hydrogen-bond acceptors (Lipinski definition) is 6. The van der Waals surface area contributed by atoms with E-state index in [9.17, 15) is 19.2 Å². The summed E-state index contributed by atoms with van der Waals surface area (Å²) < 4.78 is 0. The minimum absolute atomic E-state index is 0.0425. The first kappa shape index (κ1) is 35.3. The molecule has 0 atom stereocenters. The third kappa shape index (κ3) is 5.97. The average Bonchev–Trinajstić information content (AvgIpc) is 3.10. The van der Waals surface area contributed by atoms with Gasteiger partial charge in [-0.05, 0) is 63.4 Å². The van der Waals surface area contributed by atoms with Gasteiger partial charge in [-0.2, -0.15) is 0 Å². The molecule has 1 heterocycles. The summed E-state index contributed by atoms with van der Waals surface area (Å²) in [4.78, 5) is 56.2. The predicted molar refractivity (Wildman–Crippen MR) is 205 cm³/mol. The Hall–Kier alpha value is -4.56. The van der Waals surface area contributed by atoms with Crippen molar-refractivity contribution in [1.29, 1.82) is 0 Å². The summed E-state index contributed by atoms with van der Waals surface area (Å²) in [5.41, 5.74) is 2.72. The second-order valence-corrected chi connectivity index (χ2v) is 15.3. The van der Waals surface area contributed by atoms with Gasteiger partial charge in [0.15, 0.2) is 12.6 Å². The molecule has 6 rings (SSSR count). The summed E-state index contributed by atoms with van der Waals surface area (Å²) in [5, 5.41) is 16.4. The van der Waals surface area contributed by atoms with Crippen molar-refractivity contribution < 1.29 is 19.2 Å². The normalized spacial score (nSPS) is 14.2. The molecule has 2 amide bonds. The zero-order valence-electron chi connectivity index (χ0n) is 30.6. The highest BCUT2D eigenvalue weighted by Gasteiger charge is 2.29. The lowest BCUT2D eigenvalue weighted by Gasteiger charge is -2.32. The van der Waals surface area contributed by atoms with Crippen LogP contribution in [0.2, 0.25) is 0 Å². The maximum Gasteiger partial charge on any atom is 0.252 e. The summed E-state index contributed by atoms with van der Waals surface area (Å²) >= 11 is 0. The van der Waals surface area contributed by atoms with Gasteiger partial charge in [-0.25, -0.2) is 0 Å². The fourth-order valence-electron chi connectivity index (χ4n) is 8.42. The number of fused-ring (bicyclic) bond motifs is 2. The monoisotopic (exact) mass is 674 g/mol. The molecule has 8 heteroatoms. The van der Waals surface area contributed by atoms with E-state index in [1.54, 1.807) is 6.07 Å². The van der Waals surface area contributed by atoms with Crippen LogP contribution in [0.1, 0.15) is 96.8 Å². The molecule has 1 aliphatic rings. The van der Waals surface area contributed by atoms with Crippen molar-refractivity contribution in [2.24, 2.45) is 23.7 Å². The van der Waals surface area contributed by atoms with Gasteiger partial charge >= 0.3 is 0 Å². The first-order valence-corrected chi connectivity index (χ1v) is 18.1. The van der Waals surface area contributed by atoms with Gasteiger partial charge in [0.25, 0.3) is 11.8 Å². The highest BCUT2D eigenvalue weighted by atomic mass is 16.2. The molecule has 0 aliphatic carbocycles. The van der Waals surface area contributed by atoms with E-state index in [-0.39, 0.29) is 47.6 Å². The molecule has 5 aromatic rings. The number of rotatable bonds is 11. The molecule has 5 aromatic carbocycles. The van der Waals surface area contributed by atoms with Crippen LogP contribution in [0.15, 0.2) is 42.5 Å². The number of benzene rings is 5. The summed E-state index contributed by atoms with van der Waals surface area (Å²) in [6, 6.07) is 13.2. The van der Waals surface area contributed by atoms with Crippen molar-refractivity contribution in [2.75, 3.05) is 31.1 Å². The van der Waals surface area contributed by atoms with Crippen LogP contribution in [0.4, 0.5) is 5.69 Å². The molecule has 1 saturated heterocycles. The fraction of sp³-hybridized carbons (Fsp3) is 0.429. The van der Waals surface area contributed by atoms with E-state index in [2.05, 4.69) is 76.2 Å². The molecule has 262 valence electrons. The van der Waals surface area contributed by atoms with Crippen molar-refractivity contribution in [3.63, 3.8) is 0 Å². The molecule has 0 bridgehead atoms. The van der Waals surface area contributed by atoms with Crippen molar-refractivity contribution in [1.82, 2.24) is 16.0 Å². The number of anilines is 1. The van der Waals surface area contributed by atoms with Gasteiger partial charge in [-0.3, -0.25) is 19.2 Å². The first-order valence-electron chi connectivity index (χ1n) is 18.1. The molecule has 0 radical (unpaired) electrons. The number of piperazine rings is 1. The number of nitrogens with zero attached hydrogens (tertiary/aromatic N) is 1. The maximum absolute atomic E-state index is 14.2. The van der Waals surface area contributed by atoms with Gasteiger partial charge in [0.2, 0.25) is 0 Å². The Labute approximate surface area is 294 Å². The van der Waals surface area contributed by atoms with Crippen molar-refractivity contribution in [3.8, 4) is 0 Å². The second kappa shape index (κ2) is 14.0. The highest BCUT2D eigenvalue weighted by Crippen LogP contribution is 2.47. The van der Waals surface area contributed by atoms with Crippen LogP contribution in [-0.2, 0) is 0 Å². The summed E-state index contributed by atoms with van der Waals surface area (Å²) in [7, 11) is 0. The Bertz CT molecular complexity index is 2090. The van der Waals surface area contributed by atoms with Crippen LogP contribution < -0.4 is 20.9 Å². The molecule has 0 spiro atoms. The van der Waals surface area contributed by atoms with Crippen LogP contribution in [0, 0.1) is 23.7 Å². The SMILES string of the molecule is CC(C)C(NC(=O)c1ccc2c3ccc(C(=O)NC(C(C)C)C(C)C)c4c(C=O)cc(N5CCNCC5)c(c5ccc(C=O)c1c25)c43)C(C)C. The first-order chi connectivity index (χ1) is 23.9. The van der Waals surface area contributed by atoms with E-state index in [4.69, 9.17) is 0 Å². The third-order valence-electron chi connectivity index (χ3n) is 10.7. The molecule has 0 saturated carbocycles. The molecule has 1 fully saturated rings. The topological polar surface area (TPSA) is 108 Å². The second-order valence-electron chi connectivity index (χ2n) is 15.3. The highest BCUT2D eigenvalue weighted by molar-refractivity contribution is 6.39. The molecule has 8 nitrogen and oxygen atoms in total. The molecular formula is C42H50N4O4. The largest absolute Gasteiger partial charge is 0.368 e. The maximum atomic E-state index is 14.2. The van der Waals surface area contributed by atoms with E-state index in [1.807, 2.05) is 36.4 Å². The lowest BCUT2D eigenvalue weighted by atomic mass is 9.83. The average molecular weight is 675 g/mol. The zero-order chi connectivity index (χ0) is 36.0. The van der Waals surface area contributed by atoms with E-state index >= 15 is 0 Å². The number of amides is 2. The van der Waals surface area contributed by atoms with Crippen molar-refractivity contribution in [3.05, 3.63) is 64.7 Å². The lowest BCUT2D eigenvalue weighted by Crippen LogP contribution is -2.43. The number of hydrogen-bond donors (Lipinski definition) is 3. The Morgan fingerprint density at radius 2 is 1.06 bits per heavy atom. The van der Waals surface area contributed by atoms with Crippen molar-refractivity contribution in [2.45, 2.75) is 67.5 Å². The molecule has 3 N–H and O–H groups in total. The van der Waals surface area contributed by atoms with E-state index in [1.165, 1.54) is 0 Å². The molecule has 1 aliphatic heterocycles. The van der Waals surface area contributed by atoms with Gasteiger partial charge in [0.1, 0.15) is 0 Å². The number of aldehydes is 2. The third-order valence-corrected chi connectivity index (χ3v) is 10.7. The molecule has 50 heavy (non-hydrogen) atoms. The van der Waals surface area contributed by atoms with E-state index in [0.29, 0.717) is 33.0 Å².